The topological polar surface area (TPSA) is 75.7 Å². The fourth-order valence-corrected chi connectivity index (χ4v) is 4.72. The highest BCUT2D eigenvalue weighted by atomic mass is 35.5. The molecule has 4 nitrogen and oxygen atoms in total. The van der Waals surface area contributed by atoms with Gasteiger partial charge in [-0.2, -0.15) is 0 Å². The second-order valence-electron chi connectivity index (χ2n) is 7.47. The van der Waals surface area contributed by atoms with Crippen LogP contribution in [0, 0.1) is 0 Å². The molecule has 0 aromatic heterocycles. The maximum absolute atomic E-state index is 10.5. The third-order valence-electron chi connectivity index (χ3n) is 5.17. The van der Waals surface area contributed by atoms with E-state index in [0.29, 0.717) is 23.6 Å². The van der Waals surface area contributed by atoms with Crippen molar-refractivity contribution in [3.05, 3.63) is 88.9 Å². The summed E-state index contributed by atoms with van der Waals surface area (Å²) in [4.78, 5) is 1.88. The molecule has 4 N–H and O–H groups in total. The van der Waals surface area contributed by atoms with E-state index in [2.05, 4.69) is 0 Å². The molecule has 0 fully saturated rings. The van der Waals surface area contributed by atoms with E-state index in [9.17, 15) is 10.2 Å². The molecule has 0 saturated carbocycles. The molecule has 0 radical (unpaired) electrons. The fourth-order valence-electron chi connectivity index (χ4n) is 3.35. The lowest BCUT2D eigenvalue weighted by molar-refractivity contribution is 0.0347. The zero-order chi connectivity index (χ0) is 22.3. The van der Waals surface area contributed by atoms with Gasteiger partial charge >= 0.3 is 0 Å². The second kappa shape index (κ2) is 11.0. The number of para-hydroxylation sites is 1. The predicted octanol–water partition coefficient (Wildman–Crippen LogP) is 5.38. The summed E-state index contributed by atoms with van der Waals surface area (Å²) in [6, 6.07) is 23.4. The Hall–Kier alpha value is -2.02. The predicted molar refractivity (Wildman–Crippen MR) is 127 cm³/mol. The van der Waals surface area contributed by atoms with Gasteiger partial charge in [-0.25, -0.2) is 0 Å². The van der Waals surface area contributed by atoms with Gasteiger partial charge in [-0.15, -0.1) is 0 Å². The first-order chi connectivity index (χ1) is 15.0. The number of hydrogen-bond donors (Lipinski definition) is 3. The van der Waals surface area contributed by atoms with Gasteiger partial charge in [-0.05, 0) is 41.8 Å². The lowest BCUT2D eigenvalue weighted by atomic mass is 9.84. The molecule has 2 unspecified atom stereocenters. The molecule has 164 valence electrons. The van der Waals surface area contributed by atoms with Crippen molar-refractivity contribution in [2.24, 2.45) is 5.73 Å². The van der Waals surface area contributed by atoms with Gasteiger partial charge in [0.05, 0.1) is 23.1 Å². The first kappa shape index (κ1) is 23.6. The average Bonchev–Trinajstić information content (AvgIpc) is 2.79. The number of ether oxygens (including phenoxy) is 1. The fraction of sp³-hybridized carbons (Fsp3) is 0.280. The van der Waals surface area contributed by atoms with E-state index >= 15 is 0 Å². The van der Waals surface area contributed by atoms with Crippen LogP contribution in [0.15, 0.2) is 82.6 Å². The Morgan fingerprint density at radius 3 is 2.45 bits per heavy atom. The molecular formula is C25H28ClNO3S. The third-order valence-corrected chi connectivity index (χ3v) is 6.53. The lowest BCUT2D eigenvalue weighted by Gasteiger charge is -2.33. The zero-order valence-corrected chi connectivity index (χ0v) is 19.1. The van der Waals surface area contributed by atoms with Gasteiger partial charge in [-0.3, -0.25) is 0 Å². The summed E-state index contributed by atoms with van der Waals surface area (Å²) in [6.07, 6.45) is 0.354. The second-order valence-corrected chi connectivity index (χ2v) is 8.99. The number of benzene rings is 3. The molecular weight excluding hydrogens is 430 g/mol. The van der Waals surface area contributed by atoms with E-state index < -0.39 is 18.2 Å². The Bertz CT molecular complexity index is 986. The van der Waals surface area contributed by atoms with Crippen molar-refractivity contribution in [2.45, 2.75) is 47.8 Å². The normalized spacial score (nSPS) is 14.1. The smallest absolute Gasteiger partial charge is 0.133 e. The van der Waals surface area contributed by atoms with E-state index in [1.807, 2.05) is 73.7 Å². The van der Waals surface area contributed by atoms with E-state index in [1.54, 1.807) is 6.07 Å². The maximum Gasteiger partial charge on any atom is 0.133 e. The van der Waals surface area contributed by atoms with Crippen LogP contribution in [0.1, 0.15) is 30.9 Å². The third kappa shape index (κ3) is 5.82. The van der Waals surface area contributed by atoms with Crippen LogP contribution in [-0.2, 0) is 12.1 Å². The van der Waals surface area contributed by atoms with Crippen LogP contribution in [-0.4, -0.2) is 22.9 Å². The Labute approximate surface area is 193 Å². The first-order valence-corrected chi connectivity index (χ1v) is 11.5. The highest BCUT2D eigenvalue weighted by Crippen LogP contribution is 2.39. The standard InChI is InChI=1S/C25H28ClNO3S/c1-2-8-24(29)25(27,17-28)20-14-13-19(15-21(20)26)31-23-12-7-6-11-22(23)30-16-18-9-4-3-5-10-18/h3-7,9-15,24,28-29H,2,8,16-17,27H2,1H3. The summed E-state index contributed by atoms with van der Waals surface area (Å²) in [5.74, 6) is 0.790. The molecule has 0 aliphatic carbocycles. The summed E-state index contributed by atoms with van der Waals surface area (Å²) in [6.45, 7) is 2.05. The van der Waals surface area contributed by atoms with E-state index in [4.69, 9.17) is 22.1 Å². The molecule has 31 heavy (non-hydrogen) atoms. The van der Waals surface area contributed by atoms with Crippen LogP contribution in [0.3, 0.4) is 0 Å². The van der Waals surface area contributed by atoms with Gasteiger partial charge in [-0.1, -0.05) is 85.2 Å². The summed E-state index contributed by atoms with van der Waals surface area (Å²) in [5, 5.41) is 20.8. The van der Waals surface area contributed by atoms with Gasteiger partial charge in [0.15, 0.2) is 0 Å². The molecule has 0 aliphatic heterocycles. The minimum Gasteiger partial charge on any atom is -0.488 e. The number of aliphatic hydroxyl groups excluding tert-OH is 2. The van der Waals surface area contributed by atoms with Crippen LogP contribution in [0.25, 0.3) is 0 Å². The van der Waals surface area contributed by atoms with Gasteiger partial charge in [0.25, 0.3) is 0 Å². The SMILES string of the molecule is CCCC(O)C(N)(CO)c1ccc(Sc2ccccc2OCc2ccccc2)cc1Cl. The van der Waals surface area contributed by atoms with Crippen molar-refractivity contribution in [1.29, 1.82) is 0 Å². The van der Waals surface area contributed by atoms with Crippen molar-refractivity contribution in [1.82, 2.24) is 0 Å². The van der Waals surface area contributed by atoms with Gasteiger partial charge in [0.1, 0.15) is 12.4 Å². The molecule has 0 aliphatic rings. The molecule has 3 aromatic rings. The zero-order valence-electron chi connectivity index (χ0n) is 17.5. The van der Waals surface area contributed by atoms with Crippen LogP contribution in [0.2, 0.25) is 5.02 Å². The van der Waals surface area contributed by atoms with Crippen molar-refractivity contribution < 1.29 is 14.9 Å². The Morgan fingerprint density at radius 2 is 1.77 bits per heavy atom. The van der Waals surface area contributed by atoms with E-state index in [1.165, 1.54) is 11.8 Å². The molecule has 0 spiro atoms. The minimum atomic E-state index is -1.30. The van der Waals surface area contributed by atoms with Crippen LogP contribution < -0.4 is 10.5 Å². The largest absolute Gasteiger partial charge is 0.488 e. The summed E-state index contributed by atoms with van der Waals surface area (Å²) < 4.78 is 6.04. The summed E-state index contributed by atoms with van der Waals surface area (Å²) >= 11 is 8.07. The molecule has 0 heterocycles. The Balaban J connectivity index is 1.79. The minimum absolute atomic E-state index is 0.392. The lowest BCUT2D eigenvalue weighted by Crippen LogP contribution is -2.51. The van der Waals surface area contributed by atoms with Crippen LogP contribution in [0.4, 0.5) is 0 Å². The molecule has 0 bridgehead atoms. The number of halogens is 1. The maximum atomic E-state index is 10.5. The van der Waals surface area contributed by atoms with Crippen LogP contribution >= 0.6 is 23.4 Å². The number of aliphatic hydroxyl groups is 2. The molecule has 3 rings (SSSR count). The van der Waals surface area contributed by atoms with Crippen molar-refractivity contribution in [3.63, 3.8) is 0 Å². The first-order valence-electron chi connectivity index (χ1n) is 10.3. The molecule has 0 saturated heterocycles. The number of rotatable bonds is 10. The molecule has 0 amide bonds. The quantitative estimate of drug-likeness (QED) is 0.381. The highest BCUT2D eigenvalue weighted by Gasteiger charge is 2.36. The number of nitrogens with two attached hydrogens (primary N) is 1. The monoisotopic (exact) mass is 457 g/mol. The van der Waals surface area contributed by atoms with Gasteiger partial charge < -0.3 is 20.7 Å². The Morgan fingerprint density at radius 1 is 1.06 bits per heavy atom. The molecule has 3 aromatic carbocycles. The summed E-state index contributed by atoms with van der Waals surface area (Å²) in [5.41, 5.74) is 6.70. The molecule has 2 atom stereocenters. The summed E-state index contributed by atoms with van der Waals surface area (Å²) in [7, 11) is 0. The molecule has 6 heteroatoms. The number of hydrogen-bond acceptors (Lipinski definition) is 5. The average molecular weight is 458 g/mol. The van der Waals surface area contributed by atoms with Crippen LogP contribution in [0.5, 0.6) is 5.75 Å². The van der Waals surface area contributed by atoms with E-state index in [-0.39, 0.29) is 0 Å². The van der Waals surface area contributed by atoms with Gasteiger partial charge in [0.2, 0.25) is 0 Å². The Kier molecular flexibility index (Phi) is 8.41. The van der Waals surface area contributed by atoms with Crippen molar-refractivity contribution >= 4 is 23.4 Å². The van der Waals surface area contributed by atoms with Crippen molar-refractivity contribution in [3.8, 4) is 5.75 Å². The van der Waals surface area contributed by atoms with Crippen molar-refractivity contribution in [2.75, 3.05) is 6.61 Å². The van der Waals surface area contributed by atoms with E-state index in [0.717, 1.165) is 27.5 Å². The highest BCUT2D eigenvalue weighted by molar-refractivity contribution is 7.99. The van der Waals surface area contributed by atoms with Gasteiger partial charge in [0, 0.05) is 9.92 Å².